The number of aliphatic hydroxyl groups excluding tert-OH is 1. The number of aryl methyl sites for hydroxylation is 1. The van der Waals surface area contributed by atoms with E-state index in [1.54, 1.807) is 18.2 Å². The lowest BCUT2D eigenvalue weighted by molar-refractivity contribution is 0.279. The van der Waals surface area contributed by atoms with Gasteiger partial charge in [-0.15, -0.1) is 0 Å². The Bertz CT molecular complexity index is 1030. The lowest BCUT2D eigenvalue weighted by Crippen LogP contribution is -2.38. The van der Waals surface area contributed by atoms with Crippen molar-refractivity contribution < 1.29 is 5.11 Å². The van der Waals surface area contributed by atoms with Crippen molar-refractivity contribution in [2.45, 2.75) is 13.0 Å². The average molecular weight is 350 g/mol. The zero-order chi connectivity index (χ0) is 17.4. The molecular weight excluding hydrogens is 334 g/mol. The maximum absolute atomic E-state index is 12.3. The number of nitrogens with one attached hydrogen (secondary N) is 1. The van der Waals surface area contributed by atoms with E-state index >= 15 is 0 Å². The van der Waals surface area contributed by atoms with E-state index in [0.717, 1.165) is 4.57 Å². The molecule has 0 saturated heterocycles. The van der Waals surface area contributed by atoms with Crippen molar-refractivity contribution in [1.82, 2.24) is 19.1 Å². The van der Waals surface area contributed by atoms with Gasteiger partial charge in [0.1, 0.15) is 11.3 Å². The molecule has 0 unspecified atom stereocenters. The highest BCUT2D eigenvalue weighted by Crippen LogP contribution is 2.27. The van der Waals surface area contributed by atoms with Gasteiger partial charge in [0.15, 0.2) is 5.65 Å². The SMILES string of the molecule is Cn1c(=O)c2[nH]c(-c3ccc(Cl)cc3N)nc2n(CCCO)c1=O. The summed E-state index contributed by atoms with van der Waals surface area (Å²) in [6.07, 6.45) is 0.373. The lowest BCUT2D eigenvalue weighted by Gasteiger charge is -2.07. The van der Waals surface area contributed by atoms with Crippen molar-refractivity contribution in [2.24, 2.45) is 7.05 Å². The number of H-pyrrole nitrogens is 1. The van der Waals surface area contributed by atoms with Gasteiger partial charge in [-0.25, -0.2) is 9.78 Å². The molecule has 0 aliphatic rings. The van der Waals surface area contributed by atoms with Crippen molar-refractivity contribution >= 4 is 28.5 Å². The lowest BCUT2D eigenvalue weighted by atomic mass is 10.2. The van der Waals surface area contributed by atoms with Crippen LogP contribution in [0.2, 0.25) is 5.02 Å². The first-order chi connectivity index (χ1) is 11.4. The highest BCUT2D eigenvalue weighted by atomic mass is 35.5. The Kier molecular flexibility index (Phi) is 4.16. The van der Waals surface area contributed by atoms with Crippen LogP contribution in [0.15, 0.2) is 27.8 Å². The number of nitrogen functional groups attached to an aromatic ring is 1. The minimum Gasteiger partial charge on any atom is -0.398 e. The van der Waals surface area contributed by atoms with Crippen molar-refractivity contribution in [3.05, 3.63) is 44.1 Å². The number of aromatic nitrogens is 4. The molecular formula is C15H16ClN5O3. The Hall–Kier alpha value is -2.58. The van der Waals surface area contributed by atoms with E-state index in [4.69, 9.17) is 22.4 Å². The third kappa shape index (κ3) is 2.59. The van der Waals surface area contributed by atoms with Crippen LogP contribution in [0.1, 0.15) is 6.42 Å². The number of nitrogens with zero attached hydrogens (tertiary/aromatic N) is 3. The Morgan fingerprint density at radius 1 is 1.38 bits per heavy atom. The summed E-state index contributed by atoms with van der Waals surface area (Å²) in [5, 5.41) is 9.51. The van der Waals surface area contributed by atoms with Crippen LogP contribution in [0.3, 0.4) is 0 Å². The van der Waals surface area contributed by atoms with Crippen LogP contribution in [-0.4, -0.2) is 30.8 Å². The molecule has 0 aliphatic heterocycles. The minimum atomic E-state index is -0.483. The topological polar surface area (TPSA) is 119 Å². The van der Waals surface area contributed by atoms with Crippen LogP contribution >= 0.6 is 11.6 Å². The number of aromatic amines is 1. The number of imidazole rings is 1. The van der Waals surface area contributed by atoms with E-state index in [1.807, 2.05) is 0 Å². The molecule has 0 radical (unpaired) electrons. The fraction of sp³-hybridized carbons (Fsp3) is 0.267. The molecule has 2 aromatic heterocycles. The highest BCUT2D eigenvalue weighted by Gasteiger charge is 2.17. The summed E-state index contributed by atoms with van der Waals surface area (Å²) >= 11 is 5.90. The number of benzene rings is 1. The number of halogens is 1. The monoisotopic (exact) mass is 349 g/mol. The van der Waals surface area contributed by atoms with Gasteiger partial charge in [0.05, 0.1) is 0 Å². The summed E-state index contributed by atoms with van der Waals surface area (Å²) in [6, 6.07) is 4.94. The molecule has 1 aromatic carbocycles. The molecule has 24 heavy (non-hydrogen) atoms. The number of nitrogens with two attached hydrogens (primary N) is 1. The fourth-order valence-corrected chi connectivity index (χ4v) is 2.72. The van der Waals surface area contributed by atoms with Crippen molar-refractivity contribution in [2.75, 3.05) is 12.3 Å². The first kappa shape index (κ1) is 16.3. The smallest absolute Gasteiger partial charge is 0.332 e. The van der Waals surface area contributed by atoms with Gasteiger partial charge in [-0.2, -0.15) is 0 Å². The Balaban J connectivity index is 2.29. The number of hydrogen-bond acceptors (Lipinski definition) is 5. The van der Waals surface area contributed by atoms with Gasteiger partial charge in [0.25, 0.3) is 5.56 Å². The summed E-state index contributed by atoms with van der Waals surface area (Å²) in [7, 11) is 1.40. The molecule has 0 fully saturated rings. The maximum Gasteiger partial charge on any atom is 0.332 e. The van der Waals surface area contributed by atoms with Gasteiger partial charge in [-0.1, -0.05) is 11.6 Å². The first-order valence-corrected chi connectivity index (χ1v) is 7.67. The maximum atomic E-state index is 12.3. The molecule has 0 saturated carbocycles. The second-order valence-electron chi connectivity index (χ2n) is 5.39. The first-order valence-electron chi connectivity index (χ1n) is 7.30. The summed E-state index contributed by atoms with van der Waals surface area (Å²) in [6.45, 7) is 0.179. The number of anilines is 1. The third-order valence-corrected chi connectivity index (χ3v) is 4.02. The van der Waals surface area contributed by atoms with Gasteiger partial charge in [-0.05, 0) is 24.6 Å². The number of fused-ring (bicyclic) bond motifs is 1. The van der Waals surface area contributed by atoms with Gasteiger partial charge in [-0.3, -0.25) is 13.9 Å². The van der Waals surface area contributed by atoms with E-state index in [2.05, 4.69) is 9.97 Å². The zero-order valence-corrected chi connectivity index (χ0v) is 13.7. The Morgan fingerprint density at radius 3 is 2.79 bits per heavy atom. The number of rotatable bonds is 4. The molecule has 0 spiro atoms. The molecule has 2 heterocycles. The average Bonchev–Trinajstić information content (AvgIpc) is 2.97. The van der Waals surface area contributed by atoms with Crippen LogP contribution in [0.4, 0.5) is 5.69 Å². The molecule has 3 aromatic rings. The van der Waals surface area contributed by atoms with Crippen LogP contribution in [0.25, 0.3) is 22.6 Å². The summed E-state index contributed by atoms with van der Waals surface area (Å²) in [5.41, 5.74) is 6.44. The van der Waals surface area contributed by atoms with E-state index in [9.17, 15) is 9.59 Å². The van der Waals surface area contributed by atoms with E-state index in [1.165, 1.54) is 11.6 Å². The minimum absolute atomic E-state index is 0.0712. The standard InChI is InChI=1S/C15H16ClN5O3/c1-20-14(23)11-13(21(15(20)24)5-2-6-22)19-12(18-11)9-4-3-8(16)7-10(9)17/h3-4,7,22H,2,5-6,17H2,1H3,(H,18,19). The molecule has 4 N–H and O–H groups in total. The van der Waals surface area contributed by atoms with Crippen molar-refractivity contribution in [1.29, 1.82) is 0 Å². The van der Waals surface area contributed by atoms with Crippen molar-refractivity contribution in [3.63, 3.8) is 0 Å². The molecule has 3 rings (SSSR count). The Labute approximate surface area is 141 Å². The number of aliphatic hydroxyl groups is 1. The van der Waals surface area contributed by atoms with Gasteiger partial charge in [0.2, 0.25) is 0 Å². The predicted octanol–water partition coefficient (Wildman–Crippen LogP) is 0.708. The second-order valence-corrected chi connectivity index (χ2v) is 5.83. The normalized spacial score (nSPS) is 11.3. The van der Waals surface area contributed by atoms with Crippen molar-refractivity contribution in [3.8, 4) is 11.4 Å². The molecule has 0 bridgehead atoms. The van der Waals surface area contributed by atoms with Gasteiger partial charge in [0, 0.05) is 36.5 Å². The number of hydrogen-bond donors (Lipinski definition) is 3. The van der Waals surface area contributed by atoms with Crippen LogP contribution < -0.4 is 17.0 Å². The molecule has 0 aliphatic carbocycles. The molecule has 8 nitrogen and oxygen atoms in total. The summed E-state index contributed by atoms with van der Waals surface area (Å²) in [5.74, 6) is 0.375. The quantitative estimate of drug-likeness (QED) is 0.599. The molecule has 0 atom stereocenters. The summed E-state index contributed by atoms with van der Waals surface area (Å²) < 4.78 is 2.37. The summed E-state index contributed by atoms with van der Waals surface area (Å²) in [4.78, 5) is 32.0. The third-order valence-electron chi connectivity index (χ3n) is 3.79. The Morgan fingerprint density at radius 2 is 2.12 bits per heavy atom. The molecule has 126 valence electrons. The van der Waals surface area contributed by atoms with E-state index < -0.39 is 11.2 Å². The molecule has 0 amide bonds. The van der Waals surface area contributed by atoms with Gasteiger partial charge < -0.3 is 15.8 Å². The fourth-order valence-electron chi connectivity index (χ4n) is 2.54. The van der Waals surface area contributed by atoms with Gasteiger partial charge >= 0.3 is 5.69 Å². The van der Waals surface area contributed by atoms with E-state index in [-0.39, 0.29) is 24.3 Å². The van der Waals surface area contributed by atoms with Crippen LogP contribution in [-0.2, 0) is 13.6 Å². The predicted molar refractivity (Wildman–Crippen MR) is 92.2 cm³/mol. The zero-order valence-electron chi connectivity index (χ0n) is 12.9. The van der Waals surface area contributed by atoms with Crippen LogP contribution in [0, 0.1) is 0 Å². The second kappa shape index (κ2) is 6.14. The van der Waals surface area contributed by atoms with E-state index in [0.29, 0.717) is 28.5 Å². The highest BCUT2D eigenvalue weighted by molar-refractivity contribution is 6.31. The largest absolute Gasteiger partial charge is 0.398 e. The molecule has 9 heteroatoms. The van der Waals surface area contributed by atoms with Crippen LogP contribution in [0.5, 0.6) is 0 Å².